The first-order valence-electron chi connectivity index (χ1n) is 9.09. The zero-order chi connectivity index (χ0) is 18.4. The number of benzene rings is 2. The van der Waals surface area contributed by atoms with Crippen LogP contribution in [0.4, 0.5) is 0 Å². The Morgan fingerprint density at radius 2 is 1.96 bits per heavy atom. The highest BCUT2D eigenvalue weighted by atomic mass is 35.5. The van der Waals surface area contributed by atoms with E-state index in [9.17, 15) is 4.79 Å². The minimum Gasteiger partial charge on any atom is -0.486 e. The summed E-state index contributed by atoms with van der Waals surface area (Å²) in [5.41, 5.74) is 2.08. The Hall–Kier alpha value is -2.20. The van der Waals surface area contributed by atoms with E-state index in [1.165, 1.54) is 0 Å². The van der Waals surface area contributed by atoms with Crippen molar-refractivity contribution in [2.24, 2.45) is 0 Å². The fourth-order valence-corrected chi connectivity index (χ4v) is 3.47. The number of amides is 1. The van der Waals surface area contributed by atoms with Crippen LogP contribution in [0, 0.1) is 0 Å². The zero-order valence-corrected chi connectivity index (χ0v) is 15.7. The van der Waals surface area contributed by atoms with Crippen molar-refractivity contribution in [1.29, 1.82) is 0 Å². The minimum absolute atomic E-state index is 0.0710. The van der Waals surface area contributed by atoms with Crippen molar-refractivity contribution < 1.29 is 14.3 Å². The van der Waals surface area contributed by atoms with E-state index < -0.39 is 0 Å². The fourth-order valence-electron chi connectivity index (χ4n) is 3.18. The Labute approximate surface area is 159 Å². The standard InChI is InChI=1S/C21H24ClNO3/c1-2-6-17(16-7-4-3-5-8-16)21(24)23-10-9-15-13-18(22)20-19(14-15)25-11-12-26-20/h3-5,7-8,13-14,17H,2,6,9-12H2,1H3,(H,23,24). The van der Waals surface area contributed by atoms with Gasteiger partial charge in [0, 0.05) is 6.54 Å². The average Bonchev–Trinajstić information content (AvgIpc) is 2.67. The van der Waals surface area contributed by atoms with Crippen molar-refractivity contribution in [3.05, 3.63) is 58.6 Å². The van der Waals surface area contributed by atoms with Crippen LogP contribution in [0.5, 0.6) is 11.5 Å². The van der Waals surface area contributed by atoms with Gasteiger partial charge in [-0.2, -0.15) is 0 Å². The Morgan fingerprint density at radius 3 is 2.73 bits per heavy atom. The zero-order valence-electron chi connectivity index (χ0n) is 15.0. The number of hydrogen-bond acceptors (Lipinski definition) is 3. The molecule has 1 atom stereocenters. The molecule has 2 aromatic rings. The summed E-state index contributed by atoms with van der Waals surface area (Å²) in [5.74, 6) is 1.25. The van der Waals surface area contributed by atoms with Crippen molar-refractivity contribution in [2.75, 3.05) is 19.8 Å². The Morgan fingerprint density at radius 1 is 1.19 bits per heavy atom. The smallest absolute Gasteiger partial charge is 0.227 e. The van der Waals surface area contributed by atoms with Crippen molar-refractivity contribution in [3.63, 3.8) is 0 Å². The second-order valence-corrected chi connectivity index (χ2v) is 6.80. The van der Waals surface area contributed by atoms with Crippen LogP contribution in [0.1, 0.15) is 36.8 Å². The lowest BCUT2D eigenvalue weighted by molar-refractivity contribution is -0.122. The van der Waals surface area contributed by atoms with Gasteiger partial charge in [-0.3, -0.25) is 4.79 Å². The summed E-state index contributed by atoms with van der Waals surface area (Å²) in [4.78, 5) is 12.6. The monoisotopic (exact) mass is 373 g/mol. The first kappa shape index (κ1) is 18.6. The minimum atomic E-state index is -0.106. The Kier molecular flexibility index (Phi) is 6.40. The van der Waals surface area contributed by atoms with Crippen LogP contribution >= 0.6 is 11.6 Å². The number of halogens is 1. The van der Waals surface area contributed by atoms with Crippen molar-refractivity contribution in [2.45, 2.75) is 32.1 Å². The summed E-state index contributed by atoms with van der Waals surface area (Å²) in [6, 6.07) is 13.8. The lowest BCUT2D eigenvalue weighted by atomic mass is 9.93. The van der Waals surface area contributed by atoms with Gasteiger partial charge in [0.2, 0.25) is 5.91 Å². The molecule has 0 saturated carbocycles. The molecule has 1 aliphatic rings. The summed E-state index contributed by atoms with van der Waals surface area (Å²) in [5, 5.41) is 3.61. The first-order chi connectivity index (χ1) is 12.7. The molecule has 4 nitrogen and oxygen atoms in total. The molecule has 0 fully saturated rings. The van der Waals surface area contributed by atoms with Gasteiger partial charge in [-0.1, -0.05) is 55.3 Å². The molecule has 0 aliphatic carbocycles. The SMILES string of the molecule is CCCC(C(=O)NCCc1cc(Cl)c2c(c1)OCCO2)c1ccccc1. The number of ether oxygens (including phenoxy) is 2. The molecule has 0 spiro atoms. The van der Waals surface area contributed by atoms with E-state index in [1.54, 1.807) is 0 Å². The lowest BCUT2D eigenvalue weighted by Gasteiger charge is -2.20. The van der Waals surface area contributed by atoms with Crippen LogP contribution in [0.15, 0.2) is 42.5 Å². The molecule has 2 aromatic carbocycles. The van der Waals surface area contributed by atoms with E-state index in [0.717, 1.165) is 24.0 Å². The molecule has 0 bridgehead atoms. The summed E-state index contributed by atoms with van der Waals surface area (Å²) < 4.78 is 11.1. The summed E-state index contributed by atoms with van der Waals surface area (Å²) in [7, 11) is 0. The Balaban J connectivity index is 1.60. The number of fused-ring (bicyclic) bond motifs is 1. The van der Waals surface area contributed by atoms with E-state index in [1.807, 2.05) is 42.5 Å². The quantitative estimate of drug-likeness (QED) is 0.784. The maximum atomic E-state index is 12.6. The van der Waals surface area contributed by atoms with Crippen LogP contribution in [-0.4, -0.2) is 25.7 Å². The number of carbonyl (C=O) groups excluding carboxylic acids is 1. The molecule has 0 radical (unpaired) electrons. The third kappa shape index (κ3) is 4.50. The Bertz CT molecular complexity index is 748. The maximum absolute atomic E-state index is 12.6. The second kappa shape index (κ2) is 8.95. The molecule has 0 saturated heterocycles. The van der Waals surface area contributed by atoms with Gasteiger partial charge in [-0.25, -0.2) is 0 Å². The predicted octanol–water partition coefficient (Wildman–Crippen LogP) is 4.35. The molecular formula is C21H24ClNO3. The topological polar surface area (TPSA) is 47.6 Å². The number of hydrogen-bond donors (Lipinski definition) is 1. The predicted molar refractivity (Wildman–Crippen MR) is 103 cm³/mol. The van der Waals surface area contributed by atoms with E-state index >= 15 is 0 Å². The van der Waals surface area contributed by atoms with Crippen molar-refractivity contribution in [1.82, 2.24) is 5.32 Å². The van der Waals surface area contributed by atoms with Gasteiger partial charge >= 0.3 is 0 Å². The molecule has 0 aromatic heterocycles. The molecular weight excluding hydrogens is 350 g/mol. The molecule has 1 aliphatic heterocycles. The van der Waals surface area contributed by atoms with E-state index in [-0.39, 0.29) is 11.8 Å². The summed E-state index contributed by atoms with van der Waals surface area (Å²) >= 11 is 6.27. The van der Waals surface area contributed by atoms with Gasteiger partial charge in [-0.05, 0) is 36.1 Å². The summed E-state index contributed by atoms with van der Waals surface area (Å²) in [6.45, 7) is 3.70. The van der Waals surface area contributed by atoms with Crippen LogP contribution in [0.3, 0.4) is 0 Å². The van der Waals surface area contributed by atoms with E-state index in [0.29, 0.717) is 42.7 Å². The second-order valence-electron chi connectivity index (χ2n) is 6.39. The maximum Gasteiger partial charge on any atom is 0.227 e. The lowest BCUT2D eigenvalue weighted by Crippen LogP contribution is -2.31. The highest BCUT2D eigenvalue weighted by molar-refractivity contribution is 6.32. The number of rotatable bonds is 7. The van der Waals surface area contributed by atoms with Crippen LogP contribution in [-0.2, 0) is 11.2 Å². The molecule has 1 heterocycles. The van der Waals surface area contributed by atoms with Gasteiger partial charge in [0.05, 0.1) is 10.9 Å². The largest absolute Gasteiger partial charge is 0.486 e. The third-order valence-corrected chi connectivity index (χ3v) is 4.75. The van der Waals surface area contributed by atoms with Gasteiger partial charge < -0.3 is 14.8 Å². The van der Waals surface area contributed by atoms with E-state index in [4.69, 9.17) is 21.1 Å². The molecule has 138 valence electrons. The first-order valence-corrected chi connectivity index (χ1v) is 9.47. The fraction of sp³-hybridized carbons (Fsp3) is 0.381. The van der Waals surface area contributed by atoms with Gasteiger partial charge in [0.1, 0.15) is 13.2 Å². The summed E-state index contributed by atoms with van der Waals surface area (Å²) in [6.07, 6.45) is 2.49. The van der Waals surface area contributed by atoms with Gasteiger partial charge in [0.25, 0.3) is 0 Å². The molecule has 3 rings (SSSR count). The third-order valence-electron chi connectivity index (χ3n) is 4.47. The van der Waals surface area contributed by atoms with Crippen LogP contribution < -0.4 is 14.8 Å². The van der Waals surface area contributed by atoms with Gasteiger partial charge in [-0.15, -0.1) is 0 Å². The van der Waals surface area contributed by atoms with Crippen LogP contribution in [0.2, 0.25) is 5.02 Å². The van der Waals surface area contributed by atoms with Crippen molar-refractivity contribution in [3.8, 4) is 11.5 Å². The molecule has 1 unspecified atom stereocenters. The molecule has 1 N–H and O–H groups in total. The van der Waals surface area contributed by atoms with E-state index in [2.05, 4.69) is 12.2 Å². The molecule has 1 amide bonds. The molecule has 5 heteroatoms. The van der Waals surface area contributed by atoms with Crippen molar-refractivity contribution >= 4 is 17.5 Å². The normalized spacial score (nSPS) is 13.9. The van der Waals surface area contributed by atoms with Crippen LogP contribution in [0.25, 0.3) is 0 Å². The average molecular weight is 374 g/mol. The number of carbonyl (C=O) groups is 1. The molecule has 26 heavy (non-hydrogen) atoms. The van der Waals surface area contributed by atoms with Gasteiger partial charge in [0.15, 0.2) is 11.5 Å². The highest BCUT2D eigenvalue weighted by Crippen LogP contribution is 2.38. The highest BCUT2D eigenvalue weighted by Gasteiger charge is 2.20. The number of nitrogens with one attached hydrogen (secondary N) is 1.